The zero-order valence-corrected chi connectivity index (χ0v) is 16.3. The number of H-pyrrole nitrogens is 1. The van der Waals surface area contributed by atoms with Crippen molar-refractivity contribution in [2.45, 2.75) is 65.7 Å². The maximum Gasteiger partial charge on any atom is 0.233 e. The molecule has 0 bridgehead atoms. The second kappa shape index (κ2) is 7.60. The van der Waals surface area contributed by atoms with Gasteiger partial charge in [0.1, 0.15) is 5.82 Å². The van der Waals surface area contributed by atoms with Crippen molar-refractivity contribution in [1.29, 1.82) is 0 Å². The van der Waals surface area contributed by atoms with Crippen LogP contribution in [0.1, 0.15) is 57.5 Å². The molecule has 1 aromatic heterocycles. The van der Waals surface area contributed by atoms with Crippen LogP contribution in [0.4, 0.5) is 0 Å². The van der Waals surface area contributed by atoms with Crippen LogP contribution < -0.4 is 5.32 Å². The Morgan fingerprint density at radius 2 is 2.08 bits per heavy atom. The first kappa shape index (κ1) is 18.8. The van der Waals surface area contributed by atoms with E-state index >= 15 is 0 Å². The summed E-state index contributed by atoms with van der Waals surface area (Å²) in [5, 5.41) is 2.72. The Hall–Kier alpha value is -1.49. The number of aromatic nitrogens is 2. The molecule has 2 aromatic rings. The van der Waals surface area contributed by atoms with Crippen molar-refractivity contribution >= 4 is 29.6 Å². The summed E-state index contributed by atoms with van der Waals surface area (Å²) in [4.78, 5) is 20.3. The van der Waals surface area contributed by atoms with Gasteiger partial charge in [-0.1, -0.05) is 33.8 Å². The fourth-order valence-corrected chi connectivity index (χ4v) is 3.49. The molecular formula is C19H29N3OS. The standard InChI is InChI=1S/C19H29N3OS/c1-6-7-16-21-14-9-13(8-12(2)17(14)22-16)11-20-18(23)15(24)10-19(3,4)5/h8-9,15,24H,6-7,10-11H2,1-5H3,(H,20,23)(H,21,22)/t15-/m0/s1. The van der Waals surface area contributed by atoms with Crippen molar-refractivity contribution in [1.82, 2.24) is 15.3 Å². The summed E-state index contributed by atoms with van der Waals surface area (Å²) in [5.74, 6) is 1.01. The van der Waals surface area contributed by atoms with Gasteiger partial charge in [0.15, 0.2) is 0 Å². The van der Waals surface area contributed by atoms with Crippen molar-refractivity contribution in [2.75, 3.05) is 0 Å². The maximum atomic E-state index is 12.2. The Kier molecular flexibility index (Phi) is 5.97. The van der Waals surface area contributed by atoms with Crippen LogP contribution in [-0.2, 0) is 17.8 Å². The molecule has 1 amide bonds. The quantitative estimate of drug-likeness (QED) is 0.687. The van der Waals surface area contributed by atoms with E-state index in [4.69, 9.17) is 0 Å². The van der Waals surface area contributed by atoms with Gasteiger partial charge in [-0.3, -0.25) is 4.79 Å². The molecule has 0 aliphatic carbocycles. The zero-order chi connectivity index (χ0) is 17.9. The van der Waals surface area contributed by atoms with E-state index in [1.165, 1.54) is 0 Å². The molecule has 0 fully saturated rings. The molecule has 0 spiro atoms. The van der Waals surface area contributed by atoms with Gasteiger partial charge in [0.2, 0.25) is 5.91 Å². The molecule has 0 saturated heterocycles. The fraction of sp³-hybridized carbons (Fsp3) is 0.579. The summed E-state index contributed by atoms with van der Waals surface area (Å²) in [7, 11) is 0. The second-order valence-electron chi connectivity index (χ2n) is 7.74. The van der Waals surface area contributed by atoms with E-state index in [2.05, 4.69) is 74.7 Å². The van der Waals surface area contributed by atoms with Crippen LogP contribution in [0, 0.1) is 12.3 Å². The highest BCUT2D eigenvalue weighted by molar-refractivity contribution is 7.81. The van der Waals surface area contributed by atoms with Crippen LogP contribution in [0.3, 0.4) is 0 Å². The molecule has 1 aromatic carbocycles. The molecule has 0 saturated carbocycles. The Bertz CT molecular complexity index is 715. The molecule has 0 aliphatic heterocycles. The van der Waals surface area contributed by atoms with Gasteiger partial charge in [0.05, 0.1) is 16.3 Å². The first-order valence-corrected chi connectivity index (χ1v) is 9.15. The van der Waals surface area contributed by atoms with E-state index in [0.29, 0.717) is 6.54 Å². The van der Waals surface area contributed by atoms with E-state index in [1.54, 1.807) is 0 Å². The minimum absolute atomic E-state index is 0.0118. The van der Waals surface area contributed by atoms with Gasteiger partial charge in [-0.25, -0.2) is 4.98 Å². The Balaban J connectivity index is 2.06. The molecule has 0 unspecified atom stereocenters. The van der Waals surface area contributed by atoms with Gasteiger partial charge < -0.3 is 10.3 Å². The normalized spacial score (nSPS) is 13.2. The van der Waals surface area contributed by atoms with Crippen molar-refractivity contribution in [3.63, 3.8) is 0 Å². The number of amides is 1. The largest absolute Gasteiger partial charge is 0.351 e. The zero-order valence-electron chi connectivity index (χ0n) is 15.4. The molecule has 1 atom stereocenters. The number of benzene rings is 1. The minimum atomic E-state index is -0.280. The SMILES string of the molecule is CCCc1nc2c(C)cc(CNC(=O)[C@@H](S)CC(C)(C)C)cc2[nH]1. The molecule has 132 valence electrons. The number of nitrogens with zero attached hydrogens (tertiary/aromatic N) is 1. The molecule has 4 nitrogen and oxygen atoms in total. The van der Waals surface area contributed by atoms with Gasteiger partial charge in [-0.15, -0.1) is 0 Å². The lowest BCUT2D eigenvalue weighted by Gasteiger charge is -2.22. The topological polar surface area (TPSA) is 57.8 Å². The van der Waals surface area contributed by atoms with Crippen molar-refractivity contribution in [2.24, 2.45) is 5.41 Å². The van der Waals surface area contributed by atoms with E-state index in [-0.39, 0.29) is 16.6 Å². The first-order chi connectivity index (χ1) is 11.2. The number of aromatic amines is 1. The lowest BCUT2D eigenvalue weighted by Crippen LogP contribution is -2.33. The number of aryl methyl sites for hydroxylation is 2. The van der Waals surface area contributed by atoms with Crippen molar-refractivity contribution in [3.8, 4) is 0 Å². The number of carbonyl (C=O) groups is 1. The molecular weight excluding hydrogens is 318 g/mol. The highest BCUT2D eigenvalue weighted by Crippen LogP contribution is 2.24. The summed E-state index contributed by atoms with van der Waals surface area (Å²) in [6.07, 6.45) is 2.77. The van der Waals surface area contributed by atoms with Crippen LogP contribution in [0.5, 0.6) is 0 Å². The number of hydrogen-bond donors (Lipinski definition) is 3. The van der Waals surface area contributed by atoms with Crippen LogP contribution in [-0.4, -0.2) is 21.1 Å². The van der Waals surface area contributed by atoms with Gasteiger partial charge in [-0.05, 0) is 42.4 Å². The number of nitrogens with one attached hydrogen (secondary N) is 2. The van der Waals surface area contributed by atoms with Crippen molar-refractivity contribution < 1.29 is 4.79 Å². The molecule has 1 heterocycles. The Labute approximate surface area is 150 Å². The Morgan fingerprint density at radius 3 is 2.71 bits per heavy atom. The third kappa shape index (κ3) is 5.00. The average molecular weight is 348 g/mol. The minimum Gasteiger partial charge on any atom is -0.351 e. The third-order valence-electron chi connectivity index (χ3n) is 3.95. The lowest BCUT2D eigenvalue weighted by atomic mass is 9.90. The van der Waals surface area contributed by atoms with E-state index in [9.17, 15) is 4.79 Å². The second-order valence-corrected chi connectivity index (χ2v) is 8.36. The van der Waals surface area contributed by atoms with Gasteiger partial charge in [0.25, 0.3) is 0 Å². The van der Waals surface area contributed by atoms with E-state index < -0.39 is 0 Å². The Morgan fingerprint density at radius 1 is 1.38 bits per heavy atom. The summed E-state index contributed by atoms with van der Waals surface area (Å²) >= 11 is 4.44. The van der Waals surface area contributed by atoms with Crippen LogP contribution in [0.25, 0.3) is 11.0 Å². The highest BCUT2D eigenvalue weighted by atomic mass is 32.1. The molecule has 5 heteroatoms. The van der Waals surface area contributed by atoms with Gasteiger partial charge in [0, 0.05) is 13.0 Å². The third-order valence-corrected chi connectivity index (χ3v) is 4.36. The average Bonchev–Trinajstić information content (AvgIpc) is 2.86. The monoisotopic (exact) mass is 347 g/mol. The number of fused-ring (bicyclic) bond motifs is 1. The summed E-state index contributed by atoms with van der Waals surface area (Å²) in [5.41, 5.74) is 4.36. The highest BCUT2D eigenvalue weighted by Gasteiger charge is 2.21. The van der Waals surface area contributed by atoms with E-state index in [1.807, 2.05) is 0 Å². The van der Waals surface area contributed by atoms with Crippen LogP contribution in [0.15, 0.2) is 12.1 Å². The lowest BCUT2D eigenvalue weighted by molar-refractivity contribution is -0.121. The number of thiol groups is 1. The maximum absolute atomic E-state index is 12.2. The molecule has 24 heavy (non-hydrogen) atoms. The smallest absolute Gasteiger partial charge is 0.233 e. The van der Waals surface area contributed by atoms with E-state index in [0.717, 1.165) is 47.2 Å². The fourth-order valence-electron chi connectivity index (χ4n) is 2.85. The number of imidazole rings is 1. The number of rotatable bonds is 6. The molecule has 0 radical (unpaired) electrons. The molecule has 0 aliphatic rings. The van der Waals surface area contributed by atoms with Crippen LogP contribution in [0.2, 0.25) is 0 Å². The molecule has 2 N–H and O–H groups in total. The van der Waals surface area contributed by atoms with Gasteiger partial charge >= 0.3 is 0 Å². The molecule has 2 rings (SSSR count). The first-order valence-electron chi connectivity index (χ1n) is 8.63. The summed E-state index contributed by atoms with van der Waals surface area (Å²) in [6, 6.07) is 4.17. The summed E-state index contributed by atoms with van der Waals surface area (Å²) in [6.45, 7) is 11.1. The summed E-state index contributed by atoms with van der Waals surface area (Å²) < 4.78 is 0. The number of hydrogen-bond acceptors (Lipinski definition) is 3. The predicted molar refractivity (Wildman–Crippen MR) is 104 cm³/mol. The number of carbonyl (C=O) groups excluding carboxylic acids is 1. The van der Waals surface area contributed by atoms with Crippen molar-refractivity contribution in [3.05, 3.63) is 29.1 Å². The van der Waals surface area contributed by atoms with Crippen LogP contribution >= 0.6 is 12.6 Å². The predicted octanol–water partition coefficient (Wildman–Crippen LogP) is 4.17. The van der Waals surface area contributed by atoms with Gasteiger partial charge in [-0.2, -0.15) is 12.6 Å².